The summed E-state index contributed by atoms with van der Waals surface area (Å²) in [7, 11) is 0. The van der Waals surface area contributed by atoms with E-state index in [9.17, 15) is 4.79 Å². The lowest BCUT2D eigenvalue weighted by Crippen LogP contribution is -2.31. The first-order valence-electron chi connectivity index (χ1n) is 8.09. The van der Waals surface area contributed by atoms with Gasteiger partial charge in [-0.3, -0.25) is 4.79 Å². The van der Waals surface area contributed by atoms with Gasteiger partial charge in [-0.05, 0) is 48.4 Å². The molecule has 3 heteroatoms. The molecule has 1 atom stereocenters. The normalized spacial score (nSPS) is 11.9. The van der Waals surface area contributed by atoms with E-state index in [0.29, 0.717) is 5.75 Å². The van der Waals surface area contributed by atoms with E-state index < -0.39 is 0 Å². The van der Waals surface area contributed by atoms with Crippen LogP contribution in [0.2, 0.25) is 0 Å². The van der Waals surface area contributed by atoms with Gasteiger partial charge in [0.15, 0.2) is 6.61 Å². The largest absolute Gasteiger partial charge is 0.484 e. The van der Waals surface area contributed by atoms with Gasteiger partial charge in [0.25, 0.3) is 5.91 Å². The van der Waals surface area contributed by atoms with Gasteiger partial charge in [-0.2, -0.15) is 0 Å². The molecule has 3 rings (SSSR count). The molecule has 0 saturated carbocycles. The average Bonchev–Trinajstić information content (AvgIpc) is 2.61. The molecule has 0 spiro atoms. The van der Waals surface area contributed by atoms with Crippen molar-refractivity contribution in [1.82, 2.24) is 5.32 Å². The van der Waals surface area contributed by atoms with Crippen molar-refractivity contribution in [2.75, 3.05) is 6.61 Å². The zero-order valence-corrected chi connectivity index (χ0v) is 14.0. The Balaban J connectivity index is 1.59. The third-order valence-electron chi connectivity index (χ3n) is 4.04. The Hall–Kier alpha value is -2.81. The molecule has 0 bridgehead atoms. The van der Waals surface area contributed by atoms with Crippen molar-refractivity contribution < 1.29 is 9.53 Å². The minimum atomic E-state index is -0.128. The van der Waals surface area contributed by atoms with Crippen LogP contribution in [0, 0.1) is 6.92 Å². The monoisotopic (exact) mass is 319 g/mol. The first kappa shape index (κ1) is 16.1. The van der Waals surface area contributed by atoms with E-state index in [4.69, 9.17) is 4.74 Å². The number of carbonyl (C=O) groups excluding carboxylic acids is 1. The first-order chi connectivity index (χ1) is 11.6. The number of amides is 1. The maximum absolute atomic E-state index is 12.1. The summed E-state index contributed by atoms with van der Waals surface area (Å²) in [6, 6.07) is 22.0. The highest BCUT2D eigenvalue weighted by atomic mass is 16.5. The van der Waals surface area contributed by atoms with E-state index in [1.165, 1.54) is 10.8 Å². The summed E-state index contributed by atoms with van der Waals surface area (Å²) in [4.78, 5) is 12.1. The number of aryl methyl sites for hydroxylation is 1. The van der Waals surface area contributed by atoms with Crippen molar-refractivity contribution >= 4 is 16.7 Å². The van der Waals surface area contributed by atoms with Crippen molar-refractivity contribution in [2.45, 2.75) is 19.9 Å². The standard InChI is InChI=1S/C21H21NO2/c1-15-7-11-20(12-8-15)24-14-21(23)22-16(2)18-10-9-17-5-3-4-6-19(17)13-18/h3-13,16H,14H2,1-2H3,(H,22,23)/t16-/m1/s1. The topological polar surface area (TPSA) is 38.3 Å². The number of hydrogen-bond donors (Lipinski definition) is 1. The zero-order valence-electron chi connectivity index (χ0n) is 14.0. The lowest BCUT2D eigenvalue weighted by Gasteiger charge is -2.15. The summed E-state index contributed by atoms with van der Waals surface area (Å²) in [6.07, 6.45) is 0. The van der Waals surface area contributed by atoms with Crippen molar-refractivity contribution in [1.29, 1.82) is 0 Å². The predicted molar refractivity (Wildman–Crippen MR) is 97.2 cm³/mol. The third kappa shape index (κ3) is 3.93. The van der Waals surface area contributed by atoms with Crippen molar-refractivity contribution in [2.24, 2.45) is 0 Å². The van der Waals surface area contributed by atoms with Crippen LogP contribution < -0.4 is 10.1 Å². The van der Waals surface area contributed by atoms with E-state index >= 15 is 0 Å². The van der Waals surface area contributed by atoms with Crippen LogP contribution in [0.4, 0.5) is 0 Å². The molecule has 0 heterocycles. The van der Waals surface area contributed by atoms with Gasteiger partial charge >= 0.3 is 0 Å². The second-order valence-corrected chi connectivity index (χ2v) is 6.00. The summed E-state index contributed by atoms with van der Waals surface area (Å²) in [6.45, 7) is 4.01. The molecule has 0 aliphatic carbocycles. The van der Waals surface area contributed by atoms with E-state index in [1.807, 2.05) is 56.3 Å². The summed E-state index contributed by atoms with van der Waals surface area (Å²) in [5.41, 5.74) is 2.24. The van der Waals surface area contributed by atoms with Gasteiger partial charge in [-0.15, -0.1) is 0 Å². The Labute approximate surface area is 142 Å². The van der Waals surface area contributed by atoms with Gasteiger partial charge in [0.05, 0.1) is 6.04 Å². The van der Waals surface area contributed by atoms with E-state index in [-0.39, 0.29) is 18.6 Å². The van der Waals surface area contributed by atoms with Crippen LogP contribution in [0.5, 0.6) is 5.75 Å². The van der Waals surface area contributed by atoms with Crippen molar-refractivity contribution in [3.8, 4) is 5.75 Å². The molecule has 24 heavy (non-hydrogen) atoms. The molecule has 0 unspecified atom stereocenters. The number of nitrogens with one attached hydrogen (secondary N) is 1. The molecule has 0 aliphatic heterocycles. The third-order valence-corrected chi connectivity index (χ3v) is 4.04. The fourth-order valence-corrected chi connectivity index (χ4v) is 2.63. The van der Waals surface area contributed by atoms with Gasteiger partial charge in [0.2, 0.25) is 0 Å². The quantitative estimate of drug-likeness (QED) is 0.757. The summed E-state index contributed by atoms with van der Waals surface area (Å²) >= 11 is 0. The zero-order chi connectivity index (χ0) is 16.9. The second-order valence-electron chi connectivity index (χ2n) is 6.00. The number of fused-ring (bicyclic) bond motifs is 1. The van der Waals surface area contributed by atoms with Gasteiger partial charge in [0, 0.05) is 0 Å². The smallest absolute Gasteiger partial charge is 0.258 e. The summed E-state index contributed by atoms with van der Waals surface area (Å²) in [5.74, 6) is 0.574. The number of carbonyl (C=O) groups is 1. The maximum atomic E-state index is 12.1. The lowest BCUT2D eigenvalue weighted by atomic mass is 10.0. The van der Waals surface area contributed by atoms with E-state index in [1.54, 1.807) is 0 Å². The van der Waals surface area contributed by atoms with Crippen LogP contribution in [0.1, 0.15) is 24.1 Å². The molecule has 0 radical (unpaired) electrons. The number of benzene rings is 3. The van der Waals surface area contributed by atoms with Gasteiger partial charge in [-0.1, -0.05) is 54.1 Å². The Morgan fingerprint density at radius 1 is 1.00 bits per heavy atom. The Morgan fingerprint density at radius 3 is 2.46 bits per heavy atom. The fraction of sp³-hybridized carbons (Fsp3) is 0.190. The molecule has 3 aromatic rings. The van der Waals surface area contributed by atoms with Crippen molar-refractivity contribution in [3.05, 3.63) is 77.9 Å². The Bertz CT molecular complexity index is 840. The molecular weight excluding hydrogens is 298 g/mol. The van der Waals surface area contributed by atoms with Gasteiger partial charge in [0.1, 0.15) is 5.75 Å². The molecule has 0 aliphatic rings. The highest BCUT2D eigenvalue weighted by Crippen LogP contribution is 2.20. The van der Waals surface area contributed by atoms with E-state index in [2.05, 4.69) is 29.6 Å². The molecule has 0 fully saturated rings. The maximum Gasteiger partial charge on any atom is 0.258 e. The minimum absolute atomic E-state index is 0.0149. The van der Waals surface area contributed by atoms with Crippen LogP contribution in [0.3, 0.4) is 0 Å². The fourth-order valence-electron chi connectivity index (χ4n) is 2.63. The molecule has 1 N–H and O–H groups in total. The SMILES string of the molecule is Cc1ccc(OCC(=O)N[C@H](C)c2ccc3ccccc3c2)cc1. The second kappa shape index (κ2) is 7.18. The lowest BCUT2D eigenvalue weighted by molar-refractivity contribution is -0.123. The predicted octanol–water partition coefficient (Wildman–Crippen LogP) is 4.40. The van der Waals surface area contributed by atoms with Crippen LogP contribution in [0.15, 0.2) is 66.7 Å². The number of rotatable bonds is 5. The molecule has 0 aromatic heterocycles. The highest BCUT2D eigenvalue weighted by Gasteiger charge is 2.10. The van der Waals surface area contributed by atoms with Crippen LogP contribution in [0.25, 0.3) is 10.8 Å². The van der Waals surface area contributed by atoms with Crippen molar-refractivity contribution in [3.63, 3.8) is 0 Å². The van der Waals surface area contributed by atoms with Gasteiger partial charge in [-0.25, -0.2) is 0 Å². The molecule has 122 valence electrons. The number of hydrogen-bond acceptors (Lipinski definition) is 2. The molecular formula is C21H21NO2. The number of ether oxygens (including phenoxy) is 1. The average molecular weight is 319 g/mol. The van der Waals surface area contributed by atoms with Crippen LogP contribution in [-0.4, -0.2) is 12.5 Å². The Morgan fingerprint density at radius 2 is 1.71 bits per heavy atom. The summed E-state index contributed by atoms with van der Waals surface area (Å²) in [5, 5.41) is 5.35. The van der Waals surface area contributed by atoms with E-state index in [0.717, 1.165) is 11.1 Å². The minimum Gasteiger partial charge on any atom is -0.484 e. The molecule has 0 saturated heterocycles. The molecule has 3 nitrogen and oxygen atoms in total. The first-order valence-corrected chi connectivity index (χ1v) is 8.09. The molecule has 3 aromatic carbocycles. The summed E-state index contributed by atoms with van der Waals surface area (Å²) < 4.78 is 5.52. The highest BCUT2D eigenvalue weighted by molar-refractivity contribution is 5.83. The molecule has 1 amide bonds. The van der Waals surface area contributed by atoms with Gasteiger partial charge < -0.3 is 10.1 Å². The Kier molecular flexibility index (Phi) is 4.80. The van der Waals surface area contributed by atoms with Crippen LogP contribution in [-0.2, 0) is 4.79 Å². The van der Waals surface area contributed by atoms with Crippen LogP contribution >= 0.6 is 0 Å².